The van der Waals surface area contributed by atoms with Crippen LogP contribution in [0.3, 0.4) is 0 Å². The van der Waals surface area contributed by atoms with Gasteiger partial charge in [0.25, 0.3) is 0 Å². The van der Waals surface area contributed by atoms with Crippen molar-refractivity contribution in [2.45, 2.75) is 19.6 Å². The third-order valence-electron chi connectivity index (χ3n) is 5.44. The van der Waals surface area contributed by atoms with E-state index >= 15 is 0 Å². The monoisotopic (exact) mass is 395 g/mol. The molecule has 1 aliphatic rings. The quantitative estimate of drug-likeness (QED) is 0.614. The standard InChI is InChI=1S/C23H26FN3O2/c24-20-7-5-17(6-8-20)15-29-16-23(28)26-11-18-9-10-27(13-18)14-19-12-25-22-4-2-1-3-21(19)22/h1-8,12,18,25H,9-11,13-16H2,(H,26,28). The molecule has 1 saturated heterocycles. The van der Waals surface area contributed by atoms with Crippen LogP contribution in [0, 0.1) is 11.7 Å². The molecule has 1 aromatic heterocycles. The van der Waals surface area contributed by atoms with Gasteiger partial charge < -0.3 is 15.0 Å². The Morgan fingerprint density at radius 1 is 1.21 bits per heavy atom. The van der Waals surface area contributed by atoms with Crippen LogP contribution < -0.4 is 5.32 Å². The zero-order valence-corrected chi connectivity index (χ0v) is 16.4. The third kappa shape index (κ3) is 5.22. The average molecular weight is 395 g/mol. The molecule has 1 amide bonds. The molecule has 0 radical (unpaired) electrons. The number of hydrogen-bond acceptors (Lipinski definition) is 3. The second kappa shape index (κ2) is 9.20. The first-order valence-corrected chi connectivity index (χ1v) is 10.0. The van der Waals surface area contributed by atoms with Gasteiger partial charge in [-0.2, -0.15) is 0 Å². The van der Waals surface area contributed by atoms with E-state index in [-0.39, 0.29) is 18.3 Å². The van der Waals surface area contributed by atoms with Gasteiger partial charge in [-0.3, -0.25) is 9.69 Å². The number of para-hydroxylation sites is 1. The largest absolute Gasteiger partial charge is 0.367 e. The van der Waals surface area contributed by atoms with E-state index in [1.54, 1.807) is 12.1 Å². The number of amides is 1. The van der Waals surface area contributed by atoms with Crippen LogP contribution in [0.1, 0.15) is 17.5 Å². The van der Waals surface area contributed by atoms with Gasteiger partial charge in [-0.25, -0.2) is 4.39 Å². The van der Waals surface area contributed by atoms with E-state index in [0.29, 0.717) is 19.1 Å². The Kier molecular flexibility index (Phi) is 6.22. The van der Waals surface area contributed by atoms with Gasteiger partial charge >= 0.3 is 0 Å². The summed E-state index contributed by atoms with van der Waals surface area (Å²) in [6.45, 7) is 3.94. The summed E-state index contributed by atoms with van der Waals surface area (Å²) in [5.74, 6) is 0.0743. The fourth-order valence-electron chi connectivity index (χ4n) is 3.88. The predicted octanol–water partition coefficient (Wildman–Crippen LogP) is 3.46. The van der Waals surface area contributed by atoms with E-state index in [4.69, 9.17) is 4.74 Å². The molecule has 29 heavy (non-hydrogen) atoms. The van der Waals surface area contributed by atoms with Gasteiger partial charge in [0.05, 0.1) is 6.61 Å². The van der Waals surface area contributed by atoms with Crippen LogP contribution in [0.15, 0.2) is 54.7 Å². The van der Waals surface area contributed by atoms with E-state index in [2.05, 4.69) is 39.6 Å². The van der Waals surface area contributed by atoms with Crippen LogP contribution in [0.2, 0.25) is 0 Å². The molecule has 152 valence electrons. The maximum atomic E-state index is 12.9. The molecule has 1 fully saturated rings. The number of aromatic nitrogens is 1. The minimum atomic E-state index is -0.276. The zero-order chi connectivity index (χ0) is 20.1. The summed E-state index contributed by atoms with van der Waals surface area (Å²) >= 11 is 0. The summed E-state index contributed by atoms with van der Waals surface area (Å²) in [6, 6.07) is 14.5. The first kappa shape index (κ1) is 19.6. The molecule has 0 saturated carbocycles. The van der Waals surface area contributed by atoms with Crippen molar-refractivity contribution < 1.29 is 13.9 Å². The van der Waals surface area contributed by atoms with Crippen molar-refractivity contribution in [3.8, 4) is 0 Å². The summed E-state index contributed by atoms with van der Waals surface area (Å²) in [5.41, 5.74) is 3.34. The van der Waals surface area contributed by atoms with Gasteiger partial charge in [-0.1, -0.05) is 30.3 Å². The Labute approximate surface area is 169 Å². The highest BCUT2D eigenvalue weighted by Crippen LogP contribution is 2.23. The van der Waals surface area contributed by atoms with Crippen LogP contribution in [0.5, 0.6) is 0 Å². The number of ether oxygens (including phenoxy) is 1. The van der Waals surface area contributed by atoms with Crippen LogP contribution >= 0.6 is 0 Å². The summed E-state index contributed by atoms with van der Waals surface area (Å²) < 4.78 is 18.3. The maximum Gasteiger partial charge on any atom is 0.246 e. The van der Waals surface area contributed by atoms with Crippen molar-refractivity contribution in [2.75, 3.05) is 26.2 Å². The topological polar surface area (TPSA) is 57.4 Å². The second-order valence-electron chi connectivity index (χ2n) is 7.67. The molecule has 2 N–H and O–H groups in total. The summed E-state index contributed by atoms with van der Waals surface area (Å²) in [4.78, 5) is 17.8. The molecule has 2 aromatic carbocycles. The molecule has 6 heteroatoms. The fourth-order valence-corrected chi connectivity index (χ4v) is 3.88. The molecule has 0 aliphatic carbocycles. The number of benzene rings is 2. The highest BCUT2D eigenvalue weighted by molar-refractivity contribution is 5.83. The van der Waals surface area contributed by atoms with Gasteiger partial charge in [-0.05, 0) is 48.2 Å². The number of aromatic amines is 1. The van der Waals surface area contributed by atoms with E-state index in [9.17, 15) is 9.18 Å². The number of carbonyl (C=O) groups excluding carboxylic acids is 1. The van der Waals surface area contributed by atoms with Crippen molar-refractivity contribution in [1.29, 1.82) is 0 Å². The number of likely N-dealkylation sites (tertiary alicyclic amines) is 1. The molecular weight excluding hydrogens is 369 g/mol. The second-order valence-corrected chi connectivity index (χ2v) is 7.67. The summed E-state index contributed by atoms with van der Waals surface area (Å²) in [6.07, 6.45) is 3.18. The molecule has 3 aromatic rings. The number of H-pyrrole nitrogens is 1. The fraction of sp³-hybridized carbons (Fsp3) is 0.348. The minimum absolute atomic E-state index is 0.0170. The Balaban J connectivity index is 1.16. The minimum Gasteiger partial charge on any atom is -0.367 e. The zero-order valence-electron chi connectivity index (χ0n) is 16.4. The maximum absolute atomic E-state index is 12.9. The van der Waals surface area contributed by atoms with Crippen molar-refractivity contribution in [1.82, 2.24) is 15.2 Å². The molecule has 0 bridgehead atoms. The van der Waals surface area contributed by atoms with Crippen molar-refractivity contribution in [3.05, 3.63) is 71.7 Å². The molecular formula is C23H26FN3O2. The molecule has 0 spiro atoms. The number of nitrogens with zero attached hydrogens (tertiary/aromatic N) is 1. The van der Waals surface area contributed by atoms with Crippen LogP contribution in [-0.2, 0) is 22.7 Å². The lowest BCUT2D eigenvalue weighted by molar-refractivity contribution is -0.126. The van der Waals surface area contributed by atoms with Crippen LogP contribution in [0.4, 0.5) is 4.39 Å². The predicted molar refractivity (Wildman–Crippen MR) is 111 cm³/mol. The lowest BCUT2D eigenvalue weighted by Crippen LogP contribution is -2.33. The number of fused-ring (bicyclic) bond motifs is 1. The Hall–Kier alpha value is -2.70. The lowest BCUT2D eigenvalue weighted by atomic mass is 10.1. The van der Waals surface area contributed by atoms with Crippen molar-refractivity contribution >= 4 is 16.8 Å². The van der Waals surface area contributed by atoms with E-state index in [1.165, 1.54) is 28.6 Å². The van der Waals surface area contributed by atoms with E-state index < -0.39 is 0 Å². The SMILES string of the molecule is O=C(COCc1ccc(F)cc1)NCC1CCN(Cc2c[nH]c3ccccc23)C1. The smallest absolute Gasteiger partial charge is 0.246 e. The Morgan fingerprint density at radius 3 is 2.90 bits per heavy atom. The molecule has 1 aliphatic heterocycles. The van der Waals surface area contributed by atoms with Gasteiger partial charge in [0.15, 0.2) is 0 Å². The number of carbonyl (C=O) groups is 1. The van der Waals surface area contributed by atoms with Crippen molar-refractivity contribution in [2.24, 2.45) is 5.92 Å². The van der Waals surface area contributed by atoms with E-state index in [1.807, 2.05) is 6.07 Å². The van der Waals surface area contributed by atoms with Gasteiger partial charge in [-0.15, -0.1) is 0 Å². The molecule has 1 atom stereocenters. The summed E-state index contributed by atoms with van der Waals surface area (Å²) in [7, 11) is 0. The van der Waals surface area contributed by atoms with Gasteiger partial charge in [0.2, 0.25) is 5.91 Å². The number of nitrogens with one attached hydrogen (secondary N) is 2. The Morgan fingerprint density at radius 2 is 2.03 bits per heavy atom. The number of rotatable bonds is 8. The highest BCUT2D eigenvalue weighted by atomic mass is 19.1. The van der Waals surface area contributed by atoms with Gasteiger partial charge in [0, 0.05) is 36.7 Å². The third-order valence-corrected chi connectivity index (χ3v) is 5.44. The molecule has 2 heterocycles. The molecule has 5 nitrogen and oxygen atoms in total. The lowest BCUT2D eigenvalue weighted by Gasteiger charge is -2.16. The highest BCUT2D eigenvalue weighted by Gasteiger charge is 2.23. The average Bonchev–Trinajstić information content (AvgIpc) is 3.35. The normalized spacial score (nSPS) is 17.1. The van der Waals surface area contributed by atoms with Crippen LogP contribution in [0.25, 0.3) is 10.9 Å². The molecule has 1 unspecified atom stereocenters. The van der Waals surface area contributed by atoms with E-state index in [0.717, 1.165) is 31.6 Å². The molecule has 4 rings (SSSR count). The first-order chi connectivity index (χ1) is 14.2. The number of halogens is 1. The summed E-state index contributed by atoms with van der Waals surface area (Å²) in [5, 5.41) is 4.25. The van der Waals surface area contributed by atoms with Gasteiger partial charge in [0.1, 0.15) is 12.4 Å². The number of hydrogen-bond donors (Lipinski definition) is 2. The Bertz CT molecular complexity index is 954. The van der Waals surface area contributed by atoms with Crippen LogP contribution in [-0.4, -0.2) is 42.0 Å². The van der Waals surface area contributed by atoms with Crippen molar-refractivity contribution in [3.63, 3.8) is 0 Å². The first-order valence-electron chi connectivity index (χ1n) is 10.0.